The number of para-hydroxylation sites is 3. The minimum Gasteiger partial charge on any atom is -0.490 e. The lowest BCUT2D eigenvalue weighted by Gasteiger charge is -2.39. The second kappa shape index (κ2) is 10.6. The van der Waals surface area contributed by atoms with Crippen LogP contribution in [0.15, 0.2) is 67.0 Å². The molecule has 0 bridgehead atoms. The topological polar surface area (TPSA) is 77.0 Å². The Bertz CT molecular complexity index is 1120. The number of hydrogen-bond donors (Lipinski definition) is 0. The van der Waals surface area contributed by atoms with Gasteiger partial charge in [-0.1, -0.05) is 30.3 Å². The summed E-state index contributed by atoms with van der Waals surface area (Å²) in [7, 11) is 0. The minimum atomic E-state index is -0.0724. The molecule has 2 aliphatic rings. The average molecular weight is 475 g/mol. The highest BCUT2D eigenvalue weighted by atomic mass is 16.5. The number of ether oxygens (including phenoxy) is 3. The summed E-state index contributed by atoms with van der Waals surface area (Å²) in [6.07, 6.45) is 5.18. The maximum atomic E-state index is 12.8. The first-order valence-corrected chi connectivity index (χ1v) is 12.2. The van der Waals surface area contributed by atoms with Gasteiger partial charge in [0.15, 0.2) is 11.5 Å². The van der Waals surface area contributed by atoms with Crippen molar-refractivity contribution < 1.29 is 19.0 Å². The molecule has 3 heterocycles. The molecular formula is C27H30N4O4. The first-order valence-electron chi connectivity index (χ1n) is 12.2. The molecule has 5 rings (SSSR count). The van der Waals surface area contributed by atoms with E-state index in [1.807, 2.05) is 61.5 Å². The summed E-state index contributed by atoms with van der Waals surface area (Å²) in [6, 6.07) is 17.4. The van der Waals surface area contributed by atoms with E-state index >= 15 is 0 Å². The number of piperidine rings is 1. The van der Waals surface area contributed by atoms with E-state index < -0.39 is 0 Å². The smallest absolute Gasteiger partial charge is 0.257 e. The predicted molar refractivity (Wildman–Crippen MR) is 132 cm³/mol. The summed E-state index contributed by atoms with van der Waals surface area (Å²) in [5.41, 5.74) is 0.488. The molecule has 0 spiro atoms. The summed E-state index contributed by atoms with van der Waals surface area (Å²) in [4.78, 5) is 25.7. The fraction of sp³-hybridized carbons (Fsp3) is 0.370. The summed E-state index contributed by atoms with van der Waals surface area (Å²) < 4.78 is 17.8. The Kier molecular flexibility index (Phi) is 6.97. The van der Waals surface area contributed by atoms with Gasteiger partial charge >= 0.3 is 0 Å². The first kappa shape index (κ1) is 23.0. The third-order valence-electron chi connectivity index (χ3n) is 6.17. The van der Waals surface area contributed by atoms with E-state index in [-0.39, 0.29) is 18.1 Å². The van der Waals surface area contributed by atoms with Crippen molar-refractivity contribution >= 4 is 11.9 Å². The van der Waals surface area contributed by atoms with Gasteiger partial charge in [0, 0.05) is 18.9 Å². The summed E-state index contributed by atoms with van der Waals surface area (Å²) in [6.45, 7) is 5.20. The van der Waals surface area contributed by atoms with Crippen LogP contribution in [-0.4, -0.2) is 65.8 Å². The molecule has 2 aliphatic heterocycles. The van der Waals surface area contributed by atoms with Crippen LogP contribution in [0.25, 0.3) is 0 Å². The quantitative estimate of drug-likeness (QED) is 0.491. The summed E-state index contributed by atoms with van der Waals surface area (Å²) >= 11 is 0. The van der Waals surface area contributed by atoms with Gasteiger partial charge in [-0.05, 0) is 44.0 Å². The molecule has 0 radical (unpaired) electrons. The second-order valence-electron chi connectivity index (χ2n) is 8.74. The van der Waals surface area contributed by atoms with Crippen LogP contribution < -0.4 is 19.1 Å². The molecule has 1 aromatic heterocycles. The van der Waals surface area contributed by atoms with Crippen molar-refractivity contribution in [2.24, 2.45) is 0 Å². The Morgan fingerprint density at radius 3 is 2.37 bits per heavy atom. The van der Waals surface area contributed by atoms with Crippen LogP contribution in [0.4, 0.5) is 5.95 Å². The SMILES string of the molecule is CCOc1ccccc1OC1CCCN(c2ncc(C(=O)N3CC(Oc4ccccc4)C3)cn2)C1. The molecule has 1 amide bonds. The maximum Gasteiger partial charge on any atom is 0.257 e. The Hall–Kier alpha value is -3.81. The van der Waals surface area contributed by atoms with Crippen LogP contribution in [0.5, 0.6) is 17.2 Å². The number of nitrogens with zero attached hydrogens (tertiary/aromatic N) is 4. The molecule has 0 saturated carbocycles. The number of likely N-dealkylation sites (tertiary alicyclic amines) is 1. The van der Waals surface area contributed by atoms with Crippen molar-refractivity contribution in [1.29, 1.82) is 0 Å². The summed E-state index contributed by atoms with van der Waals surface area (Å²) in [5.74, 6) is 2.88. The molecule has 2 aromatic carbocycles. The average Bonchev–Trinajstić information content (AvgIpc) is 2.88. The van der Waals surface area contributed by atoms with Gasteiger partial charge in [0.05, 0.1) is 31.8 Å². The molecule has 8 nitrogen and oxygen atoms in total. The largest absolute Gasteiger partial charge is 0.490 e. The number of rotatable bonds is 8. The van der Waals surface area contributed by atoms with Crippen molar-refractivity contribution in [2.45, 2.75) is 32.0 Å². The highest BCUT2D eigenvalue weighted by Gasteiger charge is 2.33. The van der Waals surface area contributed by atoms with Crippen LogP contribution in [0.3, 0.4) is 0 Å². The normalized spacial score (nSPS) is 18.0. The first-order chi connectivity index (χ1) is 17.2. The van der Waals surface area contributed by atoms with Crippen molar-refractivity contribution in [3.05, 3.63) is 72.6 Å². The lowest BCUT2D eigenvalue weighted by Crippen LogP contribution is -2.56. The molecule has 1 unspecified atom stereocenters. The number of carbonyl (C=O) groups excluding carboxylic acids is 1. The molecule has 0 N–H and O–H groups in total. The zero-order valence-corrected chi connectivity index (χ0v) is 19.9. The molecule has 1 atom stereocenters. The Balaban J connectivity index is 1.15. The fourth-order valence-electron chi connectivity index (χ4n) is 4.37. The van der Waals surface area contributed by atoms with Crippen LogP contribution >= 0.6 is 0 Å². The maximum absolute atomic E-state index is 12.8. The van der Waals surface area contributed by atoms with E-state index in [4.69, 9.17) is 14.2 Å². The number of benzene rings is 2. The van der Waals surface area contributed by atoms with Crippen LogP contribution in [0.1, 0.15) is 30.1 Å². The van der Waals surface area contributed by atoms with Gasteiger partial charge in [-0.2, -0.15) is 0 Å². The van der Waals surface area contributed by atoms with Gasteiger partial charge < -0.3 is 24.0 Å². The third-order valence-corrected chi connectivity index (χ3v) is 6.17. The Labute approximate surface area is 205 Å². The highest BCUT2D eigenvalue weighted by Crippen LogP contribution is 2.29. The summed E-state index contributed by atoms with van der Waals surface area (Å²) in [5, 5.41) is 0. The Morgan fingerprint density at radius 2 is 1.63 bits per heavy atom. The molecule has 3 aromatic rings. The van der Waals surface area contributed by atoms with Gasteiger partial charge in [-0.3, -0.25) is 4.79 Å². The van der Waals surface area contributed by atoms with Crippen molar-refractivity contribution in [3.8, 4) is 17.2 Å². The molecule has 2 fully saturated rings. The molecule has 182 valence electrons. The van der Waals surface area contributed by atoms with Crippen LogP contribution in [0.2, 0.25) is 0 Å². The lowest BCUT2D eigenvalue weighted by atomic mass is 10.1. The van der Waals surface area contributed by atoms with E-state index in [2.05, 4.69) is 14.9 Å². The van der Waals surface area contributed by atoms with Crippen LogP contribution in [-0.2, 0) is 0 Å². The number of anilines is 1. The fourth-order valence-corrected chi connectivity index (χ4v) is 4.37. The van der Waals surface area contributed by atoms with E-state index in [9.17, 15) is 4.79 Å². The minimum absolute atomic E-state index is 0.0119. The lowest BCUT2D eigenvalue weighted by molar-refractivity contribution is 0.0177. The van der Waals surface area contributed by atoms with Gasteiger partial charge in [0.25, 0.3) is 5.91 Å². The van der Waals surface area contributed by atoms with Crippen molar-refractivity contribution in [2.75, 3.05) is 37.7 Å². The number of hydrogen-bond acceptors (Lipinski definition) is 7. The monoisotopic (exact) mass is 474 g/mol. The van der Waals surface area contributed by atoms with Crippen LogP contribution in [0, 0.1) is 0 Å². The molecule has 2 saturated heterocycles. The zero-order chi connectivity index (χ0) is 24.0. The zero-order valence-electron chi connectivity index (χ0n) is 19.9. The molecular weight excluding hydrogens is 444 g/mol. The number of amides is 1. The standard InChI is InChI=1S/C27H30N4O4/c1-2-33-24-12-6-7-13-25(24)35-22-11-8-14-30(17-22)27-28-15-20(16-29-27)26(32)31-18-23(19-31)34-21-9-4-3-5-10-21/h3-7,9-10,12-13,15-16,22-23H,2,8,11,14,17-19H2,1H3. The van der Waals surface area contributed by atoms with Crippen molar-refractivity contribution in [3.63, 3.8) is 0 Å². The van der Waals surface area contributed by atoms with Gasteiger partial charge in [0.2, 0.25) is 5.95 Å². The van der Waals surface area contributed by atoms with Gasteiger partial charge in [0.1, 0.15) is 18.0 Å². The van der Waals surface area contributed by atoms with Gasteiger partial charge in [-0.15, -0.1) is 0 Å². The third kappa shape index (κ3) is 5.48. The van der Waals surface area contributed by atoms with E-state index in [1.54, 1.807) is 17.3 Å². The molecule has 0 aliphatic carbocycles. The highest BCUT2D eigenvalue weighted by molar-refractivity contribution is 5.94. The molecule has 35 heavy (non-hydrogen) atoms. The second-order valence-corrected chi connectivity index (χ2v) is 8.74. The van der Waals surface area contributed by atoms with E-state index in [0.717, 1.165) is 36.6 Å². The van der Waals surface area contributed by atoms with E-state index in [1.165, 1.54) is 0 Å². The van der Waals surface area contributed by atoms with Crippen molar-refractivity contribution in [1.82, 2.24) is 14.9 Å². The molecule has 8 heteroatoms. The van der Waals surface area contributed by atoms with Gasteiger partial charge in [-0.25, -0.2) is 9.97 Å². The number of aromatic nitrogens is 2. The van der Waals surface area contributed by atoms with E-state index in [0.29, 0.717) is 37.8 Å². The number of carbonyl (C=O) groups is 1. The predicted octanol–water partition coefficient (Wildman–Crippen LogP) is 3.83. The Morgan fingerprint density at radius 1 is 0.914 bits per heavy atom.